The summed E-state index contributed by atoms with van der Waals surface area (Å²) >= 11 is 0. The first-order valence-corrected chi connectivity index (χ1v) is 8.89. The zero-order valence-corrected chi connectivity index (χ0v) is 14.8. The summed E-state index contributed by atoms with van der Waals surface area (Å²) < 4.78 is 43.8. The highest BCUT2D eigenvalue weighted by molar-refractivity contribution is 5.78. The van der Waals surface area contributed by atoms with Gasteiger partial charge in [-0.15, -0.1) is 0 Å². The second-order valence-corrected chi connectivity index (χ2v) is 7.01. The molecule has 2 aliphatic heterocycles. The minimum absolute atomic E-state index is 0.112. The van der Waals surface area contributed by atoms with Crippen molar-refractivity contribution in [2.24, 2.45) is 5.92 Å². The maximum atomic E-state index is 12.9. The number of carbonyl (C=O) groups is 1. The molecule has 3 heterocycles. The molecule has 0 saturated carbocycles. The number of nitrogens with zero attached hydrogens (tertiary/aromatic N) is 5. The fourth-order valence-electron chi connectivity index (χ4n) is 3.46. The highest BCUT2D eigenvalue weighted by Gasteiger charge is 2.42. The van der Waals surface area contributed by atoms with Crippen molar-refractivity contribution < 1.29 is 22.5 Å². The van der Waals surface area contributed by atoms with Gasteiger partial charge in [0.1, 0.15) is 0 Å². The number of amides is 1. The average molecular weight is 375 g/mol. The molecule has 26 heavy (non-hydrogen) atoms. The Bertz CT molecular complexity index is 613. The predicted octanol–water partition coefficient (Wildman–Crippen LogP) is 1.30. The Morgan fingerprint density at radius 1 is 1.19 bits per heavy atom. The quantitative estimate of drug-likeness (QED) is 0.790. The topological polar surface area (TPSA) is 65.7 Å². The molecule has 0 aromatic carbocycles. The van der Waals surface area contributed by atoms with Crippen LogP contribution in [0, 0.1) is 12.8 Å². The first-order chi connectivity index (χ1) is 12.3. The molecule has 0 bridgehead atoms. The van der Waals surface area contributed by atoms with Crippen molar-refractivity contribution in [1.29, 1.82) is 0 Å². The Balaban J connectivity index is 1.43. The summed E-state index contributed by atoms with van der Waals surface area (Å²) in [6.45, 7) is 5.60. The average Bonchev–Trinajstić information content (AvgIpc) is 3.01. The third-order valence-electron chi connectivity index (χ3n) is 4.99. The molecule has 0 radical (unpaired) electrons. The standard InChI is InChI=1S/C16H24F3N5O2/c1-12-20-14(26-21-12)10-22-5-7-23(8-6-22)11-15(25)24-4-2-3-13(9-24)16(17,18)19/h13H,2-11H2,1H3. The van der Waals surface area contributed by atoms with Gasteiger partial charge < -0.3 is 9.42 Å². The number of rotatable bonds is 4. The fraction of sp³-hybridized carbons (Fsp3) is 0.812. The second kappa shape index (κ2) is 7.91. The number of carbonyl (C=O) groups excluding carboxylic acids is 1. The maximum absolute atomic E-state index is 12.9. The Labute approximate surface area is 150 Å². The van der Waals surface area contributed by atoms with Gasteiger partial charge in [0.25, 0.3) is 0 Å². The van der Waals surface area contributed by atoms with E-state index in [9.17, 15) is 18.0 Å². The Morgan fingerprint density at radius 2 is 1.88 bits per heavy atom. The van der Waals surface area contributed by atoms with Crippen LogP contribution in [0.3, 0.4) is 0 Å². The van der Waals surface area contributed by atoms with Crippen molar-refractivity contribution in [1.82, 2.24) is 24.8 Å². The third kappa shape index (κ3) is 4.94. The number of piperidine rings is 1. The lowest BCUT2D eigenvalue weighted by atomic mass is 9.97. The fourth-order valence-corrected chi connectivity index (χ4v) is 3.46. The lowest BCUT2D eigenvalue weighted by Gasteiger charge is -2.37. The molecular formula is C16H24F3N5O2. The van der Waals surface area contributed by atoms with Gasteiger partial charge in [0.05, 0.1) is 19.0 Å². The molecule has 0 spiro atoms. The minimum atomic E-state index is -4.22. The van der Waals surface area contributed by atoms with Crippen LogP contribution in [0.5, 0.6) is 0 Å². The van der Waals surface area contributed by atoms with Crippen LogP contribution >= 0.6 is 0 Å². The number of aromatic nitrogens is 2. The van der Waals surface area contributed by atoms with Crippen LogP contribution < -0.4 is 0 Å². The van der Waals surface area contributed by atoms with E-state index < -0.39 is 12.1 Å². The Kier molecular flexibility index (Phi) is 5.81. The molecule has 10 heteroatoms. The number of halogens is 3. The van der Waals surface area contributed by atoms with Gasteiger partial charge in [-0.1, -0.05) is 5.16 Å². The van der Waals surface area contributed by atoms with Crippen LogP contribution in [0.2, 0.25) is 0 Å². The largest absolute Gasteiger partial charge is 0.393 e. The molecule has 2 saturated heterocycles. The molecule has 146 valence electrons. The van der Waals surface area contributed by atoms with Crippen LogP contribution in [0.25, 0.3) is 0 Å². The van der Waals surface area contributed by atoms with Crippen LogP contribution in [0.15, 0.2) is 4.52 Å². The van der Waals surface area contributed by atoms with Gasteiger partial charge in [-0.2, -0.15) is 18.2 Å². The number of hydrogen-bond acceptors (Lipinski definition) is 6. The molecule has 2 fully saturated rings. The van der Waals surface area contributed by atoms with E-state index in [0.717, 1.165) is 13.1 Å². The van der Waals surface area contributed by atoms with E-state index in [1.807, 2.05) is 4.90 Å². The third-order valence-corrected chi connectivity index (χ3v) is 4.99. The lowest BCUT2D eigenvalue weighted by molar-refractivity contribution is -0.188. The summed E-state index contributed by atoms with van der Waals surface area (Å²) in [7, 11) is 0. The van der Waals surface area contributed by atoms with Gasteiger partial charge in [0, 0.05) is 39.3 Å². The highest BCUT2D eigenvalue weighted by atomic mass is 19.4. The maximum Gasteiger partial charge on any atom is 0.393 e. The molecule has 2 aliphatic rings. The molecule has 1 aromatic heterocycles. The highest BCUT2D eigenvalue weighted by Crippen LogP contribution is 2.33. The van der Waals surface area contributed by atoms with E-state index in [2.05, 4.69) is 15.0 Å². The van der Waals surface area contributed by atoms with Crippen molar-refractivity contribution in [3.8, 4) is 0 Å². The number of hydrogen-bond donors (Lipinski definition) is 0. The Hall–Kier alpha value is -1.68. The van der Waals surface area contributed by atoms with Crippen molar-refractivity contribution >= 4 is 5.91 Å². The van der Waals surface area contributed by atoms with E-state index in [1.165, 1.54) is 4.90 Å². The number of piperazine rings is 1. The van der Waals surface area contributed by atoms with E-state index in [1.54, 1.807) is 6.92 Å². The lowest BCUT2D eigenvalue weighted by Crippen LogP contribution is -2.52. The molecule has 1 unspecified atom stereocenters. The van der Waals surface area contributed by atoms with Gasteiger partial charge in [0.2, 0.25) is 11.8 Å². The van der Waals surface area contributed by atoms with Gasteiger partial charge in [-0.05, 0) is 19.8 Å². The summed E-state index contributed by atoms with van der Waals surface area (Å²) in [5.74, 6) is -0.434. The monoisotopic (exact) mass is 375 g/mol. The second-order valence-electron chi connectivity index (χ2n) is 7.01. The summed E-state index contributed by atoms with van der Waals surface area (Å²) in [6.07, 6.45) is -3.70. The molecule has 0 aliphatic carbocycles. The smallest absolute Gasteiger partial charge is 0.341 e. The minimum Gasteiger partial charge on any atom is -0.341 e. The Morgan fingerprint density at radius 3 is 2.50 bits per heavy atom. The first kappa shape index (κ1) is 19.1. The number of aryl methyl sites for hydroxylation is 1. The molecule has 7 nitrogen and oxygen atoms in total. The molecule has 1 atom stereocenters. The van der Waals surface area contributed by atoms with E-state index in [0.29, 0.717) is 44.3 Å². The number of likely N-dealkylation sites (tertiary alicyclic amines) is 1. The van der Waals surface area contributed by atoms with Gasteiger partial charge >= 0.3 is 6.18 Å². The van der Waals surface area contributed by atoms with E-state index in [-0.39, 0.29) is 25.4 Å². The first-order valence-electron chi connectivity index (χ1n) is 8.89. The van der Waals surface area contributed by atoms with Crippen LogP contribution in [0.4, 0.5) is 13.2 Å². The molecular weight excluding hydrogens is 351 g/mol. The van der Waals surface area contributed by atoms with Crippen LogP contribution in [-0.4, -0.2) is 82.7 Å². The van der Waals surface area contributed by atoms with Gasteiger partial charge in [0.15, 0.2) is 5.82 Å². The summed E-state index contributed by atoms with van der Waals surface area (Å²) in [5.41, 5.74) is 0. The van der Waals surface area contributed by atoms with Crippen molar-refractivity contribution in [3.05, 3.63) is 11.7 Å². The zero-order chi connectivity index (χ0) is 18.7. The van der Waals surface area contributed by atoms with Crippen LogP contribution in [0.1, 0.15) is 24.6 Å². The summed E-state index contributed by atoms with van der Waals surface area (Å²) in [4.78, 5) is 22.1. The zero-order valence-electron chi connectivity index (χ0n) is 14.8. The van der Waals surface area contributed by atoms with E-state index >= 15 is 0 Å². The predicted molar refractivity (Wildman–Crippen MR) is 86.1 cm³/mol. The van der Waals surface area contributed by atoms with Crippen molar-refractivity contribution in [2.45, 2.75) is 32.5 Å². The summed E-state index contributed by atoms with van der Waals surface area (Å²) in [6, 6.07) is 0. The normalized spacial score (nSPS) is 23.4. The molecule has 3 rings (SSSR count). The SMILES string of the molecule is Cc1noc(CN2CCN(CC(=O)N3CCCC(C(F)(F)F)C3)CC2)n1. The summed E-state index contributed by atoms with van der Waals surface area (Å²) in [5, 5.41) is 3.76. The molecule has 1 aromatic rings. The number of alkyl halides is 3. The van der Waals surface area contributed by atoms with Crippen LogP contribution in [-0.2, 0) is 11.3 Å². The van der Waals surface area contributed by atoms with Gasteiger partial charge in [-0.3, -0.25) is 14.6 Å². The van der Waals surface area contributed by atoms with E-state index in [4.69, 9.17) is 4.52 Å². The van der Waals surface area contributed by atoms with Gasteiger partial charge in [-0.25, -0.2) is 0 Å². The van der Waals surface area contributed by atoms with Crippen molar-refractivity contribution in [2.75, 3.05) is 45.8 Å². The van der Waals surface area contributed by atoms with Crippen molar-refractivity contribution in [3.63, 3.8) is 0 Å². The molecule has 1 amide bonds. The molecule has 0 N–H and O–H groups in total.